The highest BCUT2D eigenvalue weighted by molar-refractivity contribution is 5.86. The summed E-state index contributed by atoms with van der Waals surface area (Å²) in [5, 5.41) is 5.66. The summed E-state index contributed by atoms with van der Waals surface area (Å²) in [5.74, 6) is -0.853. The number of benzene rings is 3. The van der Waals surface area contributed by atoms with Gasteiger partial charge in [0.05, 0.1) is 5.69 Å². The molecule has 2 atom stereocenters. The molecule has 1 heterocycles. The maximum atomic E-state index is 13.6. The van der Waals surface area contributed by atoms with Crippen molar-refractivity contribution in [1.29, 1.82) is 0 Å². The molecule has 0 bridgehead atoms. The number of rotatable bonds is 13. The minimum atomic E-state index is -4.84. The molecule has 7 nitrogen and oxygen atoms in total. The summed E-state index contributed by atoms with van der Waals surface area (Å²) in [6, 6.07) is 28.8. The Morgan fingerprint density at radius 3 is 2.07 bits per heavy atom. The number of amides is 2. The number of hydrogen-bond donors (Lipinski definition) is 2. The van der Waals surface area contributed by atoms with Crippen LogP contribution < -0.4 is 15.4 Å². The topological polar surface area (TPSA) is 89.6 Å². The van der Waals surface area contributed by atoms with E-state index in [0.29, 0.717) is 12.8 Å². The Morgan fingerprint density at radius 2 is 1.43 bits per heavy atom. The monoisotopic (exact) mass is 603 g/mol. The van der Waals surface area contributed by atoms with Crippen molar-refractivity contribution in [1.82, 2.24) is 15.6 Å². The summed E-state index contributed by atoms with van der Waals surface area (Å²) in [6.07, 6.45) is 0.100. The molecule has 44 heavy (non-hydrogen) atoms. The SMILES string of the molecule is O=C(N[C@@H](Cc1ccccc1)C(=O)N[C@H](/C=C/c1cc(OC(F)(F)F)ccn1)CCc1ccccc1)OCc1ccccc1. The molecule has 0 aliphatic rings. The van der Waals surface area contributed by atoms with Gasteiger partial charge in [0.2, 0.25) is 5.91 Å². The van der Waals surface area contributed by atoms with Crippen LogP contribution in [0.2, 0.25) is 0 Å². The van der Waals surface area contributed by atoms with Gasteiger partial charge in [-0.2, -0.15) is 0 Å². The van der Waals surface area contributed by atoms with Crippen molar-refractivity contribution in [2.45, 2.75) is 44.3 Å². The number of alkyl halides is 3. The molecule has 0 aliphatic heterocycles. The Kier molecular flexibility index (Phi) is 11.5. The van der Waals surface area contributed by atoms with Gasteiger partial charge in [0.25, 0.3) is 0 Å². The lowest BCUT2D eigenvalue weighted by atomic mass is 10.0. The molecule has 0 aliphatic carbocycles. The predicted molar refractivity (Wildman–Crippen MR) is 160 cm³/mol. The number of halogens is 3. The summed E-state index contributed by atoms with van der Waals surface area (Å²) >= 11 is 0. The summed E-state index contributed by atoms with van der Waals surface area (Å²) in [5.41, 5.74) is 2.89. The van der Waals surface area contributed by atoms with Gasteiger partial charge in [0.1, 0.15) is 18.4 Å². The Bertz CT molecular complexity index is 1500. The van der Waals surface area contributed by atoms with E-state index in [-0.39, 0.29) is 18.7 Å². The molecule has 0 spiro atoms. The van der Waals surface area contributed by atoms with Crippen LogP contribution in [0.1, 0.15) is 28.8 Å². The molecule has 3 aromatic carbocycles. The highest BCUT2D eigenvalue weighted by atomic mass is 19.4. The van der Waals surface area contributed by atoms with Crippen LogP contribution in [0.3, 0.4) is 0 Å². The molecule has 0 unspecified atom stereocenters. The number of aryl methyl sites for hydroxylation is 1. The standard InChI is InChI=1S/C34H32F3N3O4/c35-34(36,37)44-30-20-21-38-29(23-30)19-18-28(17-16-25-10-4-1-5-11-25)39-32(41)31(22-26-12-6-2-7-13-26)40-33(42)43-24-27-14-8-3-9-15-27/h1-15,18-21,23,28,31H,16-17,22,24H2,(H,39,41)(H,40,42)/b19-18+/t28-,31-/m0/s1. The molecule has 2 N–H and O–H groups in total. The highest BCUT2D eigenvalue weighted by Gasteiger charge is 2.31. The smallest absolute Gasteiger partial charge is 0.445 e. The number of nitrogens with one attached hydrogen (secondary N) is 2. The van der Waals surface area contributed by atoms with E-state index in [2.05, 4.69) is 20.4 Å². The van der Waals surface area contributed by atoms with Crippen molar-refractivity contribution in [3.63, 3.8) is 0 Å². The van der Waals surface area contributed by atoms with Crippen molar-refractivity contribution >= 4 is 18.1 Å². The van der Waals surface area contributed by atoms with Crippen molar-refractivity contribution < 1.29 is 32.2 Å². The first-order chi connectivity index (χ1) is 21.2. The number of nitrogens with zero attached hydrogens (tertiary/aromatic N) is 1. The fraction of sp³-hybridized carbons (Fsp3) is 0.206. The lowest BCUT2D eigenvalue weighted by Gasteiger charge is -2.22. The molecular weight excluding hydrogens is 571 g/mol. The van der Waals surface area contributed by atoms with E-state index in [1.807, 2.05) is 91.0 Å². The molecule has 10 heteroatoms. The van der Waals surface area contributed by atoms with Gasteiger partial charge in [-0.1, -0.05) is 97.1 Å². The Hall–Kier alpha value is -5.12. The number of carbonyl (C=O) groups excluding carboxylic acids is 2. The van der Waals surface area contributed by atoms with Crippen LogP contribution in [0.4, 0.5) is 18.0 Å². The number of pyridine rings is 1. The third-order valence-electron chi connectivity index (χ3n) is 6.50. The van der Waals surface area contributed by atoms with Gasteiger partial charge >= 0.3 is 12.5 Å². The zero-order valence-electron chi connectivity index (χ0n) is 23.7. The normalized spacial score (nSPS) is 12.7. The van der Waals surface area contributed by atoms with E-state index in [9.17, 15) is 22.8 Å². The highest BCUT2D eigenvalue weighted by Crippen LogP contribution is 2.23. The van der Waals surface area contributed by atoms with Crippen LogP contribution >= 0.6 is 0 Å². The van der Waals surface area contributed by atoms with Crippen molar-refractivity contribution in [2.24, 2.45) is 0 Å². The zero-order chi connectivity index (χ0) is 31.2. The van der Waals surface area contributed by atoms with Gasteiger partial charge in [0.15, 0.2) is 0 Å². The van der Waals surface area contributed by atoms with E-state index in [4.69, 9.17) is 4.74 Å². The number of carbonyl (C=O) groups is 2. The van der Waals surface area contributed by atoms with Crippen LogP contribution in [0.25, 0.3) is 6.08 Å². The minimum absolute atomic E-state index is 0.0406. The Balaban J connectivity index is 1.50. The van der Waals surface area contributed by atoms with Crippen molar-refractivity contribution in [3.05, 3.63) is 138 Å². The Labute approximate surface area is 253 Å². The largest absolute Gasteiger partial charge is 0.573 e. The molecule has 4 aromatic rings. The third-order valence-corrected chi connectivity index (χ3v) is 6.50. The zero-order valence-corrected chi connectivity index (χ0v) is 23.7. The molecule has 4 rings (SSSR count). The second kappa shape index (κ2) is 15.9. The number of ether oxygens (including phenoxy) is 2. The number of hydrogen-bond acceptors (Lipinski definition) is 5. The van der Waals surface area contributed by atoms with Gasteiger partial charge in [0, 0.05) is 24.7 Å². The van der Waals surface area contributed by atoms with Gasteiger partial charge in [-0.3, -0.25) is 9.78 Å². The molecule has 0 fully saturated rings. The average molecular weight is 604 g/mol. The van der Waals surface area contributed by atoms with Crippen molar-refractivity contribution in [3.8, 4) is 5.75 Å². The predicted octanol–water partition coefficient (Wildman–Crippen LogP) is 6.65. The number of alkyl carbamates (subject to hydrolysis) is 1. The van der Waals surface area contributed by atoms with Crippen LogP contribution in [0.15, 0.2) is 115 Å². The maximum absolute atomic E-state index is 13.6. The summed E-state index contributed by atoms with van der Waals surface area (Å²) < 4.78 is 47.5. The second-order valence-electron chi connectivity index (χ2n) is 9.91. The van der Waals surface area contributed by atoms with E-state index >= 15 is 0 Å². The van der Waals surface area contributed by atoms with Crippen LogP contribution in [0, 0.1) is 0 Å². The molecule has 2 amide bonds. The molecule has 0 saturated carbocycles. The van der Waals surface area contributed by atoms with Crippen molar-refractivity contribution in [2.75, 3.05) is 0 Å². The van der Waals surface area contributed by atoms with Gasteiger partial charge in [-0.05, 0) is 41.7 Å². The lowest BCUT2D eigenvalue weighted by Crippen LogP contribution is -2.50. The quantitative estimate of drug-likeness (QED) is 0.179. The van der Waals surface area contributed by atoms with Crippen LogP contribution in [0.5, 0.6) is 5.75 Å². The molecule has 0 radical (unpaired) electrons. The molecule has 0 saturated heterocycles. The van der Waals surface area contributed by atoms with Crippen LogP contribution in [-0.2, 0) is 29.0 Å². The first-order valence-corrected chi connectivity index (χ1v) is 14.0. The summed E-state index contributed by atoms with van der Waals surface area (Å²) in [4.78, 5) is 30.5. The Morgan fingerprint density at radius 1 is 0.818 bits per heavy atom. The first-order valence-electron chi connectivity index (χ1n) is 14.0. The van der Waals surface area contributed by atoms with Crippen LogP contribution in [-0.4, -0.2) is 35.4 Å². The lowest BCUT2D eigenvalue weighted by molar-refractivity contribution is -0.274. The maximum Gasteiger partial charge on any atom is 0.573 e. The van der Waals surface area contributed by atoms with E-state index in [1.54, 1.807) is 6.08 Å². The molecule has 228 valence electrons. The van der Waals surface area contributed by atoms with Gasteiger partial charge < -0.3 is 20.1 Å². The molecule has 1 aromatic heterocycles. The van der Waals surface area contributed by atoms with E-state index in [1.165, 1.54) is 12.3 Å². The van der Waals surface area contributed by atoms with Gasteiger partial charge in [-0.15, -0.1) is 13.2 Å². The van der Waals surface area contributed by atoms with E-state index in [0.717, 1.165) is 28.8 Å². The summed E-state index contributed by atoms with van der Waals surface area (Å²) in [7, 11) is 0. The van der Waals surface area contributed by atoms with Gasteiger partial charge in [-0.25, -0.2) is 4.79 Å². The first kappa shape index (κ1) is 31.8. The number of aromatic nitrogens is 1. The molecular formula is C34H32F3N3O4. The third kappa shape index (κ3) is 11.3. The average Bonchev–Trinajstić information content (AvgIpc) is 3.02. The minimum Gasteiger partial charge on any atom is -0.445 e. The second-order valence-corrected chi connectivity index (χ2v) is 9.91. The fourth-order valence-electron chi connectivity index (χ4n) is 4.36. The summed E-state index contributed by atoms with van der Waals surface area (Å²) in [6.45, 7) is 0.0406. The van der Waals surface area contributed by atoms with E-state index < -0.39 is 36.2 Å². The fourth-order valence-corrected chi connectivity index (χ4v) is 4.36.